The Kier molecular flexibility index (Phi) is 3.77. The predicted octanol–water partition coefficient (Wildman–Crippen LogP) is 3.27. The minimum atomic E-state index is 0.585. The molecule has 94 valence electrons. The smallest absolute Gasteiger partial charge is 0.123 e. The van der Waals surface area contributed by atoms with E-state index in [2.05, 4.69) is 12.2 Å². The molecule has 2 atom stereocenters. The van der Waals surface area contributed by atoms with E-state index in [0.717, 1.165) is 23.0 Å². The van der Waals surface area contributed by atoms with E-state index in [9.17, 15) is 0 Å². The van der Waals surface area contributed by atoms with Gasteiger partial charge in [-0.05, 0) is 38.2 Å². The van der Waals surface area contributed by atoms with E-state index in [1.165, 1.54) is 19.3 Å². The summed E-state index contributed by atoms with van der Waals surface area (Å²) in [7, 11) is 0. The van der Waals surface area contributed by atoms with Gasteiger partial charge in [-0.3, -0.25) is 0 Å². The number of hydrogen-bond donors (Lipinski definition) is 2. The first-order valence-electron chi connectivity index (χ1n) is 6.47. The van der Waals surface area contributed by atoms with Gasteiger partial charge in [0.25, 0.3) is 0 Å². The maximum absolute atomic E-state index is 5.87. The van der Waals surface area contributed by atoms with E-state index in [4.69, 9.17) is 10.5 Å². The zero-order valence-electron chi connectivity index (χ0n) is 10.7. The molecule has 2 unspecified atom stereocenters. The monoisotopic (exact) mass is 234 g/mol. The number of hydrogen-bond acceptors (Lipinski definition) is 3. The van der Waals surface area contributed by atoms with E-state index in [0.29, 0.717) is 12.6 Å². The maximum atomic E-state index is 5.87. The van der Waals surface area contributed by atoms with Crippen LogP contribution in [0.4, 0.5) is 11.4 Å². The molecule has 2 rings (SSSR count). The molecule has 0 spiro atoms. The molecule has 1 aromatic rings. The largest absolute Gasteiger partial charge is 0.494 e. The Hall–Kier alpha value is -1.38. The van der Waals surface area contributed by atoms with Crippen LogP contribution in [-0.4, -0.2) is 12.6 Å². The fourth-order valence-electron chi connectivity index (χ4n) is 2.53. The Balaban J connectivity index is 2.04. The van der Waals surface area contributed by atoms with Crippen LogP contribution >= 0.6 is 0 Å². The zero-order valence-corrected chi connectivity index (χ0v) is 10.7. The van der Waals surface area contributed by atoms with E-state index < -0.39 is 0 Å². The average Bonchev–Trinajstić information content (AvgIpc) is 2.63. The third kappa shape index (κ3) is 3.29. The van der Waals surface area contributed by atoms with Gasteiger partial charge in [-0.15, -0.1) is 0 Å². The topological polar surface area (TPSA) is 47.3 Å². The third-order valence-electron chi connectivity index (χ3n) is 3.31. The van der Waals surface area contributed by atoms with Crippen molar-refractivity contribution in [2.24, 2.45) is 5.92 Å². The van der Waals surface area contributed by atoms with Crippen LogP contribution in [0.25, 0.3) is 0 Å². The normalized spacial score (nSPS) is 23.6. The lowest BCUT2D eigenvalue weighted by molar-refractivity contribution is 0.340. The van der Waals surface area contributed by atoms with Gasteiger partial charge in [0, 0.05) is 29.5 Å². The number of nitrogens with one attached hydrogen (secondary N) is 1. The van der Waals surface area contributed by atoms with Crippen molar-refractivity contribution in [3.63, 3.8) is 0 Å². The van der Waals surface area contributed by atoms with Crippen molar-refractivity contribution in [2.75, 3.05) is 17.7 Å². The Bertz CT molecular complexity index is 378. The summed E-state index contributed by atoms with van der Waals surface area (Å²) in [4.78, 5) is 0. The molecular formula is C14H22N2O. The van der Waals surface area contributed by atoms with Crippen LogP contribution < -0.4 is 15.8 Å². The Labute approximate surface area is 103 Å². The average molecular weight is 234 g/mol. The molecule has 1 saturated carbocycles. The second kappa shape index (κ2) is 5.30. The molecule has 1 fully saturated rings. The maximum Gasteiger partial charge on any atom is 0.123 e. The highest BCUT2D eigenvalue weighted by Gasteiger charge is 2.21. The van der Waals surface area contributed by atoms with Crippen molar-refractivity contribution >= 4 is 11.4 Å². The second-order valence-electron chi connectivity index (χ2n) is 4.98. The van der Waals surface area contributed by atoms with Gasteiger partial charge in [-0.1, -0.05) is 6.92 Å². The molecule has 3 heteroatoms. The van der Waals surface area contributed by atoms with Crippen molar-refractivity contribution in [2.45, 2.75) is 39.2 Å². The molecule has 3 N–H and O–H groups in total. The molecule has 1 aromatic carbocycles. The van der Waals surface area contributed by atoms with Crippen molar-refractivity contribution in [3.8, 4) is 5.75 Å². The molecule has 1 aliphatic carbocycles. The number of rotatable bonds is 4. The highest BCUT2D eigenvalue weighted by molar-refractivity contribution is 5.59. The molecule has 0 aliphatic heterocycles. The number of ether oxygens (including phenoxy) is 1. The van der Waals surface area contributed by atoms with Crippen LogP contribution in [0.2, 0.25) is 0 Å². The molecular weight excluding hydrogens is 212 g/mol. The summed E-state index contributed by atoms with van der Waals surface area (Å²) in [6.45, 7) is 4.96. The van der Waals surface area contributed by atoms with Crippen LogP contribution in [0.15, 0.2) is 18.2 Å². The Morgan fingerprint density at radius 3 is 2.82 bits per heavy atom. The molecule has 1 aliphatic rings. The quantitative estimate of drug-likeness (QED) is 0.786. The minimum absolute atomic E-state index is 0.585. The van der Waals surface area contributed by atoms with Crippen LogP contribution in [0.1, 0.15) is 33.1 Å². The van der Waals surface area contributed by atoms with E-state index in [1.54, 1.807) is 0 Å². The van der Waals surface area contributed by atoms with Gasteiger partial charge in [0.15, 0.2) is 0 Å². The van der Waals surface area contributed by atoms with Gasteiger partial charge in [0.05, 0.1) is 6.61 Å². The van der Waals surface area contributed by atoms with E-state index >= 15 is 0 Å². The van der Waals surface area contributed by atoms with Crippen molar-refractivity contribution in [1.29, 1.82) is 0 Å². The van der Waals surface area contributed by atoms with Crippen LogP contribution in [0, 0.1) is 5.92 Å². The molecule has 0 radical (unpaired) electrons. The molecule has 3 nitrogen and oxygen atoms in total. The van der Waals surface area contributed by atoms with Gasteiger partial charge in [-0.25, -0.2) is 0 Å². The summed E-state index contributed by atoms with van der Waals surface area (Å²) >= 11 is 0. The minimum Gasteiger partial charge on any atom is -0.494 e. The first kappa shape index (κ1) is 12.1. The highest BCUT2D eigenvalue weighted by atomic mass is 16.5. The van der Waals surface area contributed by atoms with Crippen molar-refractivity contribution in [3.05, 3.63) is 18.2 Å². The highest BCUT2D eigenvalue weighted by Crippen LogP contribution is 2.29. The van der Waals surface area contributed by atoms with E-state index in [1.807, 2.05) is 25.1 Å². The van der Waals surface area contributed by atoms with E-state index in [-0.39, 0.29) is 0 Å². The van der Waals surface area contributed by atoms with Gasteiger partial charge in [0.1, 0.15) is 5.75 Å². The predicted molar refractivity (Wildman–Crippen MR) is 72.4 cm³/mol. The van der Waals surface area contributed by atoms with Gasteiger partial charge < -0.3 is 15.8 Å². The number of nitrogens with two attached hydrogens (primary N) is 1. The molecule has 0 heterocycles. The number of anilines is 2. The second-order valence-corrected chi connectivity index (χ2v) is 4.98. The molecule has 17 heavy (non-hydrogen) atoms. The summed E-state index contributed by atoms with van der Waals surface area (Å²) in [6.07, 6.45) is 3.82. The summed E-state index contributed by atoms with van der Waals surface area (Å²) < 4.78 is 5.49. The van der Waals surface area contributed by atoms with Crippen LogP contribution in [-0.2, 0) is 0 Å². The van der Waals surface area contributed by atoms with Crippen molar-refractivity contribution < 1.29 is 4.74 Å². The van der Waals surface area contributed by atoms with Crippen LogP contribution in [0.5, 0.6) is 5.75 Å². The lowest BCUT2D eigenvalue weighted by Crippen LogP contribution is -2.15. The lowest BCUT2D eigenvalue weighted by Gasteiger charge is -2.15. The number of benzene rings is 1. The number of nitrogen functional groups attached to an aromatic ring is 1. The summed E-state index contributed by atoms with van der Waals surface area (Å²) in [5, 5.41) is 3.55. The fraction of sp³-hybridized carbons (Fsp3) is 0.571. The Morgan fingerprint density at radius 2 is 2.18 bits per heavy atom. The standard InChI is InChI=1S/C14H22N2O/c1-3-17-14-8-11(15)7-13(9-14)16-12-5-4-10(2)6-12/h7-10,12,16H,3-6,15H2,1-2H3. The Morgan fingerprint density at radius 1 is 1.35 bits per heavy atom. The van der Waals surface area contributed by atoms with Crippen LogP contribution in [0.3, 0.4) is 0 Å². The molecule has 0 bridgehead atoms. The zero-order chi connectivity index (χ0) is 12.3. The first-order chi connectivity index (χ1) is 8.17. The van der Waals surface area contributed by atoms with Gasteiger partial charge >= 0.3 is 0 Å². The van der Waals surface area contributed by atoms with Crippen molar-refractivity contribution in [1.82, 2.24) is 0 Å². The van der Waals surface area contributed by atoms with Gasteiger partial charge in [0.2, 0.25) is 0 Å². The summed E-state index contributed by atoms with van der Waals surface area (Å²) in [6, 6.07) is 6.46. The lowest BCUT2D eigenvalue weighted by atomic mass is 10.1. The molecule has 0 amide bonds. The summed E-state index contributed by atoms with van der Waals surface area (Å²) in [5.41, 5.74) is 7.70. The first-order valence-corrected chi connectivity index (χ1v) is 6.47. The third-order valence-corrected chi connectivity index (χ3v) is 3.31. The van der Waals surface area contributed by atoms with Gasteiger partial charge in [-0.2, -0.15) is 0 Å². The summed E-state index contributed by atoms with van der Waals surface area (Å²) in [5.74, 6) is 1.68. The fourth-order valence-corrected chi connectivity index (χ4v) is 2.53. The molecule has 0 aromatic heterocycles. The SMILES string of the molecule is CCOc1cc(N)cc(NC2CCC(C)C2)c1. The molecule has 0 saturated heterocycles.